The number of pyridine rings is 1. The van der Waals surface area contributed by atoms with Crippen molar-refractivity contribution in [1.82, 2.24) is 4.57 Å². The first-order chi connectivity index (χ1) is 15.6. The number of nitrogens with zero attached hydrogens (tertiary/aromatic N) is 1. The Kier molecular flexibility index (Phi) is 4.39. The molecule has 0 saturated heterocycles. The van der Waals surface area contributed by atoms with E-state index in [4.69, 9.17) is 5.73 Å². The molecular weight excluding hydrogens is 444 g/mol. The Morgan fingerprint density at radius 1 is 0.939 bits per heavy atom. The molecule has 1 aromatic heterocycles. The largest absolute Gasteiger partial charge is 0.398 e. The summed E-state index contributed by atoms with van der Waals surface area (Å²) in [6.45, 7) is 0. The van der Waals surface area contributed by atoms with Crippen molar-refractivity contribution >= 4 is 38.3 Å². The van der Waals surface area contributed by atoms with Crippen LogP contribution in [0.1, 0.15) is 31.8 Å². The summed E-state index contributed by atoms with van der Waals surface area (Å²) in [4.78, 5) is 39.9. The van der Waals surface area contributed by atoms with Crippen LogP contribution in [0.25, 0.3) is 22.0 Å². The number of carbonyl (C=O) groups excluding carboxylic acids is 2. The monoisotopic (exact) mass is 460 g/mol. The van der Waals surface area contributed by atoms with Crippen molar-refractivity contribution in [2.75, 3.05) is 5.73 Å². The summed E-state index contributed by atoms with van der Waals surface area (Å²) in [7, 11) is -3.08. The van der Waals surface area contributed by atoms with E-state index in [0.717, 1.165) is 12.1 Å². The standard InChI is InChI=1S/C24H16N2O6S/c1-26-17-10-9-16(25)19-20(17)18(14-7-2-3-8-15(14)23(19)28)21(24(26)29)22(27)12-5-4-6-13(11-12)33(30,31)32/h2-11H,25H2,1H3,(H,30,31,32). The van der Waals surface area contributed by atoms with Crippen molar-refractivity contribution in [3.8, 4) is 11.1 Å². The molecule has 33 heavy (non-hydrogen) atoms. The van der Waals surface area contributed by atoms with Gasteiger partial charge in [0.1, 0.15) is 0 Å². The molecule has 8 nitrogen and oxygen atoms in total. The Balaban J connectivity index is 1.95. The molecular formula is C24H16N2O6S. The average molecular weight is 460 g/mol. The molecule has 3 N–H and O–H groups in total. The molecule has 0 fully saturated rings. The highest BCUT2D eigenvalue weighted by molar-refractivity contribution is 7.85. The number of hydrogen-bond donors (Lipinski definition) is 2. The third kappa shape index (κ3) is 2.94. The minimum absolute atomic E-state index is 0.0994. The van der Waals surface area contributed by atoms with Gasteiger partial charge < -0.3 is 10.3 Å². The van der Waals surface area contributed by atoms with Gasteiger partial charge >= 0.3 is 0 Å². The first-order valence-corrected chi connectivity index (χ1v) is 11.3. The third-order valence-corrected chi connectivity index (χ3v) is 6.73. The van der Waals surface area contributed by atoms with E-state index in [-0.39, 0.29) is 33.7 Å². The van der Waals surface area contributed by atoms with E-state index in [1.807, 2.05) is 0 Å². The number of fused-ring (bicyclic) bond motifs is 2. The van der Waals surface area contributed by atoms with Gasteiger partial charge in [-0.3, -0.25) is 18.9 Å². The topological polar surface area (TPSA) is 137 Å². The van der Waals surface area contributed by atoms with E-state index in [2.05, 4.69) is 0 Å². The maximum atomic E-state index is 13.6. The molecule has 4 aromatic rings. The lowest BCUT2D eigenvalue weighted by molar-refractivity contribution is 0.102. The summed E-state index contributed by atoms with van der Waals surface area (Å²) >= 11 is 0. The molecule has 0 aliphatic heterocycles. The second-order valence-corrected chi connectivity index (χ2v) is 9.17. The molecule has 0 saturated carbocycles. The number of benzene rings is 3. The molecule has 0 bridgehead atoms. The minimum Gasteiger partial charge on any atom is -0.398 e. The quantitative estimate of drug-likeness (QED) is 0.240. The van der Waals surface area contributed by atoms with Crippen LogP contribution in [-0.4, -0.2) is 29.1 Å². The molecule has 1 heterocycles. The fourth-order valence-corrected chi connectivity index (χ4v) is 4.88. The minimum atomic E-state index is -4.56. The molecule has 1 aliphatic rings. The van der Waals surface area contributed by atoms with Crippen LogP contribution in [-0.2, 0) is 17.2 Å². The maximum Gasteiger partial charge on any atom is 0.294 e. The van der Waals surface area contributed by atoms with Crippen molar-refractivity contribution in [2.45, 2.75) is 4.90 Å². The number of hydrogen-bond acceptors (Lipinski definition) is 6. The summed E-state index contributed by atoms with van der Waals surface area (Å²) < 4.78 is 33.8. The van der Waals surface area contributed by atoms with Crippen LogP contribution in [0.3, 0.4) is 0 Å². The first-order valence-electron chi connectivity index (χ1n) is 9.82. The molecule has 0 amide bonds. The van der Waals surface area contributed by atoms with E-state index >= 15 is 0 Å². The van der Waals surface area contributed by atoms with Crippen molar-refractivity contribution in [3.05, 3.63) is 93.3 Å². The van der Waals surface area contributed by atoms with Crippen molar-refractivity contribution in [2.24, 2.45) is 7.05 Å². The van der Waals surface area contributed by atoms with Crippen molar-refractivity contribution in [1.29, 1.82) is 0 Å². The van der Waals surface area contributed by atoms with E-state index < -0.39 is 26.4 Å². The van der Waals surface area contributed by atoms with Crippen molar-refractivity contribution in [3.63, 3.8) is 0 Å². The molecule has 0 atom stereocenters. The van der Waals surface area contributed by atoms with Gasteiger partial charge in [-0.05, 0) is 29.8 Å². The normalized spacial score (nSPS) is 12.6. The Labute approximate surface area is 187 Å². The predicted molar refractivity (Wildman–Crippen MR) is 122 cm³/mol. The summed E-state index contributed by atoms with van der Waals surface area (Å²) in [6.07, 6.45) is 0. The average Bonchev–Trinajstić information content (AvgIpc) is 2.79. The number of ketones is 2. The van der Waals surface area contributed by atoms with Crippen LogP contribution in [0.15, 0.2) is 70.4 Å². The zero-order valence-electron chi connectivity index (χ0n) is 17.2. The lowest BCUT2D eigenvalue weighted by Gasteiger charge is -2.24. The molecule has 1 aliphatic carbocycles. The van der Waals surface area contributed by atoms with Gasteiger partial charge in [-0.2, -0.15) is 8.42 Å². The molecule has 3 aromatic carbocycles. The van der Waals surface area contributed by atoms with Gasteiger partial charge in [-0.25, -0.2) is 0 Å². The van der Waals surface area contributed by atoms with Gasteiger partial charge in [0.2, 0.25) is 0 Å². The number of anilines is 1. The molecule has 5 rings (SSSR count). The molecule has 0 radical (unpaired) electrons. The summed E-state index contributed by atoms with van der Waals surface area (Å²) in [5, 5.41) is 0.384. The molecule has 0 unspecified atom stereocenters. The third-order valence-electron chi connectivity index (χ3n) is 5.88. The van der Waals surface area contributed by atoms with E-state index in [1.165, 1.54) is 23.7 Å². The number of aryl methyl sites for hydroxylation is 1. The number of nitrogen functional groups attached to an aromatic ring is 1. The SMILES string of the molecule is Cn1c(=O)c(C(=O)c2cccc(S(=O)(=O)O)c2)c2c3c(c(N)ccc31)C(=O)c1ccccc1-2. The Morgan fingerprint density at radius 2 is 1.64 bits per heavy atom. The zero-order chi connectivity index (χ0) is 23.7. The zero-order valence-corrected chi connectivity index (χ0v) is 18.0. The predicted octanol–water partition coefficient (Wildman–Crippen LogP) is 2.81. The van der Waals surface area contributed by atoms with Gasteiger partial charge in [0.15, 0.2) is 11.6 Å². The van der Waals surface area contributed by atoms with Crippen molar-refractivity contribution < 1.29 is 22.6 Å². The van der Waals surface area contributed by atoms with Gasteiger partial charge in [0.25, 0.3) is 15.7 Å². The molecule has 164 valence electrons. The lowest BCUT2D eigenvalue weighted by atomic mass is 9.80. The van der Waals surface area contributed by atoms with Crippen LogP contribution in [0, 0.1) is 0 Å². The van der Waals surface area contributed by atoms with Gasteiger partial charge in [-0.15, -0.1) is 0 Å². The fourth-order valence-electron chi connectivity index (χ4n) is 4.35. The fraction of sp³-hybridized carbons (Fsp3) is 0.0417. The van der Waals surface area contributed by atoms with Crippen LogP contribution >= 0.6 is 0 Å². The summed E-state index contributed by atoms with van der Waals surface area (Å²) in [5.41, 5.74) is 7.07. The first kappa shape index (κ1) is 20.8. The summed E-state index contributed by atoms with van der Waals surface area (Å²) in [6, 6.07) is 14.6. The van der Waals surface area contributed by atoms with E-state index in [9.17, 15) is 27.4 Å². The van der Waals surface area contributed by atoms with Gasteiger partial charge in [0.05, 0.1) is 21.5 Å². The van der Waals surface area contributed by atoms with Crippen LogP contribution < -0.4 is 11.3 Å². The second-order valence-electron chi connectivity index (χ2n) is 7.74. The van der Waals surface area contributed by atoms with Crippen LogP contribution in [0.2, 0.25) is 0 Å². The maximum absolute atomic E-state index is 13.6. The van der Waals surface area contributed by atoms with E-state index in [0.29, 0.717) is 22.0 Å². The number of carbonyl (C=O) groups is 2. The highest BCUT2D eigenvalue weighted by Crippen LogP contribution is 2.42. The number of aromatic nitrogens is 1. The van der Waals surface area contributed by atoms with E-state index in [1.54, 1.807) is 36.4 Å². The second kappa shape index (κ2) is 6.96. The Morgan fingerprint density at radius 3 is 2.33 bits per heavy atom. The lowest BCUT2D eigenvalue weighted by Crippen LogP contribution is -2.29. The number of rotatable bonds is 3. The molecule has 0 spiro atoms. The molecule has 9 heteroatoms. The Hall–Kier alpha value is -4.08. The Bertz CT molecular complexity index is 1720. The highest BCUT2D eigenvalue weighted by Gasteiger charge is 2.33. The van der Waals surface area contributed by atoms with Crippen LogP contribution in [0.5, 0.6) is 0 Å². The van der Waals surface area contributed by atoms with Gasteiger partial charge in [-0.1, -0.05) is 36.4 Å². The van der Waals surface area contributed by atoms with Gasteiger partial charge in [0, 0.05) is 34.8 Å². The highest BCUT2D eigenvalue weighted by atomic mass is 32.2. The smallest absolute Gasteiger partial charge is 0.294 e. The number of nitrogens with two attached hydrogens (primary N) is 1. The van der Waals surface area contributed by atoms with Crippen LogP contribution in [0.4, 0.5) is 5.69 Å². The summed E-state index contributed by atoms with van der Waals surface area (Å²) in [5.74, 6) is -1.05.